The van der Waals surface area contributed by atoms with Gasteiger partial charge in [0.2, 0.25) is 11.8 Å². The van der Waals surface area contributed by atoms with Crippen molar-refractivity contribution < 1.29 is 22.4 Å². The van der Waals surface area contributed by atoms with Gasteiger partial charge in [-0.2, -0.15) is 0 Å². The van der Waals surface area contributed by atoms with Gasteiger partial charge in [-0.15, -0.1) is 0 Å². The molecular weight excluding hydrogens is 609 g/mol. The summed E-state index contributed by atoms with van der Waals surface area (Å²) in [5.41, 5.74) is 1.37. The number of para-hydroxylation sites is 1. The first kappa shape index (κ1) is 30.7. The van der Waals surface area contributed by atoms with Crippen LogP contribution < -0.4 is 9.62 Å². The van der Waals surface area contributed by atoms with Gasteiger partial charge in [0.1, 0.15) is 18.4 Å². The van der Waals surface area contributed by atoms with E-state index in [0.29, 0.717) is 0 Å². The predicted octanol–water partition coefficient (Wildman–Crippen LogP) is 5.96. The maximum absolute atomic E-state index is 15.0. The Hall–Kier alpha value is -3.24. The normalized spacial score (nSPS) is 14.7. The van der Waals surface area contributed by atoms with Crippen LogP contribution >= 0.6 is 15.9 Å². The highest BCUT2D eigenvalue weighted by molar-refractivity contribution is 9.10. The quantitative estimate of drug-likeness (QED) is 0.295. The molecule has 1 fully saturated rings. The summed E-state index contributed by atoms with van der Waals surface area (Å²) in [6.45, 7) is 2.85. The minimum Gasteiger partial charge on any atom is -0.352 e. The predicted molar refractivity (Wildman–Crippen MR) is 161 cm³/mol. The van der Waals surface area contributed by atoms with Crippen molar-refractivity contribution >= 4 is 43.5 Å². The van der Waals surface area contributed by atoms with Crippen LogP contribution in [-0.4, -0.2) is 43.8 Å². The van der Waals surface area contributed by atoms with E-state index < -0.39 is 34.3 Å². The van der Waals surface area contributed by atoms with Crippen molar-refractivity contribution in [2.45, 2.75) is 69.5 Å². The summed E-state index contributed by atoms with van der Waals surface area (Å²) in [6, 6.07) is 18.1. The molecule has 0 unspecified atom stereocenters. The summed E-state index contributed by atoms with van der Waals surface area (Å²) in [5, 5.41) is 3.07. The first-order valence-corrected chi connectivity index (χ1v) is 16.0. The van der Waals surface area contributed by atoms with E-state index in [9.17, 15) is 18.0 Å². The molecule has 0 aliphatic heterocycles. The third-order valence-electron chi connectivity index (χ3n) is 7.39. The second-order valence-corrected chi connectivity index (χ2v) is 13.2. The number of carbonyl (C=O) groups excluding carboxylic acids is 2. The summed E-state index contributed by atoms with van der Waals surface area (Å²) in [6.07, 6.45) is 4.98. The number of carbonyl (C=O) groups is 2. The number of benzene rings is 3. The Labute approximate surface area is 249 Å². The molecule has 1 atom stereocenters. The van der Waals surface area contributed by atoms with E-state index in [4.69, 9.17) is 0 Å². The molecule has 0 saturated heterocycles. The van der Waals surface area contributed by atoms with E-state index in [1.165, 1.54) is 35.2 Å². The zero-order valence-corrected chi connectivity index (χ0v) is 25.6. The third-order valence-corrected chi connectivity index (χ3v) is 9.70. The summed E-state index contributed by atoms with van der Waals surface area (Å²) in [5.74, 6) is -1.71. The van der Waals surface area contributed by atoms with Crippen molar-refractivity contribution in [3.63, 3.8) is 0 Å². The number of nitrogens with zero attached hydrogens (tertiary/aromatic N) is 2. The highest BCUT2D eigenvalue weighted by Crippen LogP contribution is 2.27. The van der Waals surface area contributed by atoms with Crippen LogP contribution in [0.2, 0.25) is 0 Å². The standard InChI is InChI=1S/C31H35BrFN3O4S/c1-22-12-18-27(19-13-22)41(39,40)36(29-11-7-6-10-28(29)33)21-30(37)35(20-24-14-16-25(32)17-15-24)23(2)31(38)34-26-8-4-3-5-9-26/h6-7,10-19,23,26H,3-5,8-9,20-21H2,1-2H3,(H,34,38)/t23-/m1/s1. The molecule has 1 saturated carbocycles. The Morgan fingerprint density at radius 3 is 2.24 bits per heavy atom. The van der Waals surface area contributed by atoms with Crippen LogP contribution in [-0.2, 0) is 26.2 Å². The molecule has 0 heterocycles. The largest absolute Gasteiger partial charge is 0.352 e. The summed E-state index contributed by atoms with van der Waals surface area (Å²) in [4.78, 5) is 28.6. The fraction of sp³-hybridized carbons (Fsp3) is 0.355. The molecule has 0 aromatic heterocycles. The number of halogens is 2. The number of hydrogen-bond donors (Lipinski definition) is 1. The van der Waals surface area contributed by atoms with Crippen molar-refractivity contribution in [3.05, 3.63) is 94.2 Å². The fourth-order valence-electron chi connectivity index (χ4n) is 4.94. The average Bonchev–Trinajstić information content (AvgIpc) is 2.96. The molecule has 1 aliphatic carbocycles. The maximum Gasteiger partial charge on any atom is 0.264 e. The first-order chi connectivity index (χ1) is 19.6. The van der Waals surface area contributed by atoms with Gasteiger partial charge in [-0.05, 0) is 68.7 Å². The highest BCUT2D eigenvalue weighted by Gasteiger charge is 2.34. The molecule has 1 N–H and O–H groups in total. The Kier molecular flexibility index (Phi) is 10.2. The van der Waals surface area contributed by atoms with Crippen molar-refractivity contribution in [2.24, 2.45) is 0 Å². The molecule has 3 aromatic rings. The first-order valence-electron chi connectivity index (χ1n) is 13.7. The van der Waals surface area contributed by atoms with E-state index in [1.54, 1.807) is 19.1 Å². The minimum atomic E-state index is -4.33. The van der Waals surface area contributed by atoms with Crippen LogP contribution in [0.25, 0.3) is 0 Å². The molecule has 1 aliphatic rings. The van der Waals surface area contributed by atoms with Crippen LogP contribution in [0.4, 0.5) is 10.1 Å². The van der Waals surface area contributed by atoms with Gasteiger partial charge in [0.25, 0.3) is 10.0 Å². The molecule has 41 heavy (non-hydrogen) atoms. The van der Waals surface area contributed by atoms with Crippen LogP contribution in [0.5, 0.6) is 0 Å². The summed E-state index contributed by atoms with van der Waals surface area (Å²) in [7, 11) is -4.33. The van der Waals surface area contributed by atoms with Gasteiger partial charge in [0.15, 0.2) is 0 Å². The Balaban J connectivity index is 1.68. The molecule has 7 nitrogen and oxygen atoms in total. The lowest BCUT2D eigenvalue weighted by Gasteiger charge is -2.33. The van der Waals surface area contributed by atoms with E-state index in [1.807, 2.05) is 31.2 Å². The number of hydrogen-bond acceptors (Lipinski definition) is 4. The molecule has 218 valence electrons. The SMILES string of the molecule is Cc1ccc(S(=O)(=O)N(CC(=O)N(Cc2ccc(Br)cc2)[C@H](C)C(=O)NC2CCCCC2)c2ccccc2F)cc1. The van der Waals surface area contributed by atoms with Gasteiger partial charge in [-0.25, -0.2) is 12.8 Å². The lowest BCUT2D eigenvalue weighted by molar-refractivity contribution is -0.139. The Bertz CT molecular complexity index is 1460. The van der Waals surface area contributed by atoms with Crippen molar-refractivity contribution in [3.8, 4) is 0 Å². The monoisotopic (exact) mass is 643 g/mol. The van der Waals surface area contributed by atoms with Crippen molar-refractivity contribution in [1.29, 1.82) is 0 Å². The Morgan fingerprint density at radius 1 is 0.976 bits per heavy atom. The molecule has 0 spiro atoms. The topological polar surface area (TPSA) is 86.8 Å². The van der Waals surface area contributed by atoms with E-state index >= 15 is 4.39 Å². The van der Waals surface area contributed by atoms with Crippen molar-refractivity contribution in [2.75, 3.05) is 10.8 Å². The van der Waals surface area contributed by atoms with E-state index in [2.05, 4.69) is 21.2 Å². The zero-order valence-electron chi connectivity index (χ0n) is 23.2. The lowest BCUT2D eigenvalue weighted by Crippen LogP contribution is -2.53. The highest BCUT2D eigenvalue weighted by atomic mass is 79.9. The van der Waals surface area contributed by atoms with Crippen LogP contribution in [0, 0.1) is 12.7 Å². The van der Waals surface area contributed by atoms with Crippen LogP contribution in [0.15, 0.2) is 82.2 Å². The smallest absolute Gasteiger partial charge is 0.264 e. The molecule has 10 heteroatoms. The maximum atomic E-state index is 15.0. The second-order valence-electron chi connectivity index (χ2n) is 10.4. The molecule has 2 amide bonds. The number of aryl methyl sites for hydroxylation is 1. The van der Waals surface area contributed by atoms with Gasteiger partial charge >= 0.3 is 0 Å². The molecular formula is C31H35BrFN3O4S. The second kappa shape index (κ2) is 13.6. The van der Waals surface area contributed by atoms with Crippen LogP contribution in [0.1, 0.15) is 50.2 Å². The number of amides is 2. The lowest BCUT2D eigenvalue weighted by atomic mass is 9.95. The molecule has 4 rings (SSSR count). The number of anilines is 1. The Morgan fingerprint density at radius 2 is 1.61 bits per heavy atom. The van der Waals surface area contributed by atoms with Crippen LogP contribution in [0.3, 0.4) is 0 Å². The number of nitrogens with one attached hydrogen (secondary N) is 1. The molecule has 0 bridgehead atoms. The summed E-state index contributed by atoms with van der Waals surface area (Å²) < 4.78 is 44.3. The van der Waals surface area contributed by atoms with Crippen molar-refractivity contribution in [1.82, 2.24) is 10.2 Å². The number of rotatable bonds is 10. The fourth-order valence-corrected chi connectivity index (χ4v) is 6.63. The van der Waals surface area contributed by atoms with E-state index in [-0.39, 0.29) is 29.1 Å². The summed E-state index contributed by atoms with van der Waals surface area (Å²) >= 11 is 3.41. The van der Waals surface area contributed by atoms with Gasteiger partial charge in [0, 0.05) is 17.1 Å². The minimum absolute atomic E-state index is 0.0418. The van der Waals surface area contributed by atoms with Gasteiger partial charge < -0.3 is 10.2 Å². The third kappa shape index (κ3) is 7.74. The average molecular weight is 645 g/mol. The zero-order chi connectivity index (χ0) is 29.6. The van der Waals surface area contributed by atoms with Gasteiger partial charge in [-0.3, -0.25) is 13.9 Å². The van der Waals surface area contributed by atoms with Gasteiger partial charge in [-0.1, -0.05) is 77.2 Å². The molecule has 0 radical (unpaired) electrons. The van der Waals surface area contributed by atoms with E-state index in [0.717, 1.165) is 58.1 Å². The molecule has 3 aromatic carbocycles. The van der Waals surface area contributed by atoms with Gasteiger partial charge in [0.05, 0.1) is 10.6 Å². The number of sulfonamides is 1.